The van der Waals surface area contributed by atoms with Gasteiger partial charge in [-0.25, -0.2) is 4.98 Å². The van der Waals surface area contributed by atoms with Crippen molar-refractivity contribution in [3.05, 3.63) is 15.5 Å². The fourth-order valence-electron chi connectivity index (χ4n) is 2.50. The van der Waals surface area contributed by atoms with Crippen LogP contribution in [0.2, 0.25) is 4.34 Å². The van der Waals surface area contributed by atoms with Gasteiger partial charge in [-0.15, -0.1) is 11.3 Å². The minimum atomic E-state index is -0.560. The van der Waals surface area contributed by atoms with Gasteiger partial charge in [0, 0.05) is 12.0 Å². The Bertz CT molecular complexity index is 350. The lowest BCUT2D eigenvalue weighted by molar-refractivity contribution is 0.000569. The summed E-state index contributed by atoms with van der Waals surface area (Å²) in [7, 11) is 0. The number of hydrogen-bond acceptors (Lipinski definition) is 4. The van der Waals surface area contributed by atoms with E-state index in [0.717, 1.165) is 25.7 Å². The Morgan fingerprint density at radius 3 is 2.69 bits per heavy atom. The topological polar surface area (TPSA) is 59.1 Å². The molecule has 0 spiro atoms. The third-order valence-electron chi connectivity index (χ3n) is 3.57. The Morgan fingerprint density at radius 2 is 2.19 bits per heavy atom. The lowest BCUT2D eigenvalue weighted by atomic mass is 9.70. The molecule has 1 aromatic heterocycles. The molecular weight excluding hydrogens is 244 g/mol. The molecule has 16 heavy (non-hydrogen) atoms. The summed E-state index contributed by atoms with van der Waals surface area (Å²) in [5.41, 5.74) is 5.69. The van der Waals surface area contributed by atoms with Crippen molar-refractivity contribution in [3.8, 4) is 0 Å². The van der Waals surface area contributed by atoms with Crippen LogP contribution >= 0.6 is 22.9 Å². The molecule has 0 amide bonds. The highest BCUT2D eigenvalue weighted by molar-refractivity contribution is 7.15. The van der Waals surface area contributed by atoms with Gasteiger partial charge in [0.1, 0.15) is 15.4 Å². The number of halogens is 1. The minimum Gasteiger partial charge on any atom is -0.385 e. The average molecular weight is 261 g/mol. The van der Waals surface area contributed by atoms with Crippen molar-refractivity contribution in [2.45, 2.75) is 38.2 Å². The molecule has 0 saturated heterocycles. The molecule has 2 rings (SSSR count). The van der Waals surface area contributed by atoms with Crippen LogP contribution in [0, 0.1) is 5.41 Å². The number of rotatable bonds is 3. The van der Waals surface area contributed by atoms with Gasteiger partial charge in [-0.1, -0.05) is 30.9 Å². The Balaban J connectivity index is 2.20. The van der Waals surface area contributed by atoms with Crippen LogP contribution in [0.15, 0.2) is 6.20 Å². The number of nitrogens with two attached hydrogens (primary N) is 1. The van der Waals surface area contributed by atoms with E-state index in [0.29, 0.717) is 15.9 Å². The molecule has 5 heteroatoms. The molecule has 0 radical (unpaired) electrons. The van der Waals surface area contributed by atoms with Gasteiger partial charge in [0.15, 0.2) is 0 Å². The first-order valence-corrected chi connectivity index (χ1v) is 6.87. The van der Waals surface area contributed by atoms with Crippen LogP contribution in [-0.4, -0.2) is 16.6 Å². The summed E-state index contributed by atoms with van der Waals surface area (Å²) in [6.07, 6.45) is 6.55. The monoisotopic (exact) mass is 260 g/mol. The quantitative estimate of drug-likeness (QED) is 0.879. The van der Waals surface area contributed by atoms with E-state index < -0.39 is 6.10 Å². The standard InChI is InChI=1S/C11H17ClN2OS/c12-8-6-14-10(16-8)9(15)11(7-13)4-2-1-3-5-11/h6,9,15H,1-5,7,13H2. The third kappa shape index (κ3) is 2.25. The van der Waals surface area contributed by atoms with Crippen LogP contribution in [0.25, 0.3) is 0 Å². The molecule has 1 fully saturated rings. The number of hydrogen-bond donors (Lipinski definition) is 2. The second-order valence-electron chi connectivity index (χ2n) is 4.53. The Hall–Kier alpha value is -0.160. The first kappa shape index (κ1) is 12.3. The minimum absolute atomic E-state index is 0.181. The summed E-state index contributed by atoms with van der Waals surface area (Å²) in [5.74, 6) is 0. The van der Waals surface area contributed by atoms with Crippen LogP contribution < -0.4 is 5.73 Å². The van der Waals surface area contributed by atoms with E-state index in [2.05, 4.69) is 4.98 Å². The van der Waals surface area contributed by atoms with Crippen LogP contribution in [-0.2, 0) is 0 Å². The Labute approximate surface area is 105 Å². The van der Waals surface area contributed by atoms with E-state index in [4.69, 9.17) is 17.3 Å². The van der Waals surface area contributed by atoms with E-state index in [9.17, 15) is 5.11 Å². The molecule has 0 aromatic carbocycles. The zero-order valence-electron chi connectivity index (χ0n) is 9.16. The lowest BCUT2D eigenvalue weighted by Crippen LogP contribution is -2.38. The van der Waals surface area contributed by atoms with Gasteiger partial charge in [-0.3, -0.25) is 0 Å². The van der Waals surface area contributed by atoms with Gasteiger partial charge in [-0.05, 0) is 12.8 Å². The van der Waals surface area contributed by atoms with Gasteiger partial charge < -0.3 is 10.8 Å². The summed E-state index contributed by atoms with van der Waals surface area (Å²) in [6.45, 7) is 0.519. The average Bonchev–Trinajstić information content (AvgIpc) is 2.76. The van der Waals surface area contributed by atoms with Gasteiger partial charge in [-0.2, -0.15) is 0 Å². The normalized spacial score (nSPS) is 21.9. The van der Waals surface area contributed by atoms with Crippen molar-refractivity contribution in [2.24, 2.45) is 11.1 Å². The van der Waals surface area contributed by atoms with Crippen molar-refractivity contribution < 1.29 is 5.11 Å². The summed E-state index contributed by atoms with van der Waals surface area (Å²) in [6, 6.07) is 0. The fraction of sp³-hybridized carbons (Fsp3) is 0.727. The number of aliphatic hydroxyl groups excluding tert-OH is 1. The summed E-state index contributed by atoms with van der Waals surface area (Å²) < 4.78 is 0.622. The van der Waals surface area contributed by atoms with Crippen molar-refractivity contribution in [1.29, 1.82) is 0 Å². The molecule has 90 valence electrons. The van der Waals surface area contributed by atoms with Crippen LogP contribution in [0.3, 0.4) is 0 Å². The third-order valence-corrected chi connectivity index (χ3v) is 4.73. The smallest absolute Gasteiger partial charge is 0.123 e. The zero-order chi connectivity index (χ0) is 11.6. The van der Waals surface area contributed by atoms with E-state index in [1.54, 1.807) is 6.20 Å². The summed E-state index contributed by atoms with van der Waals surface area (Å²) >= 11 is 7.20. The second kappa shape index (κ2) is 5.00. The maximum atomic E-state index is 10.4. The fourth-order valence-corrected chi connectivity index (χ4v) is 3.56. The van der Waals surface area contributed by atoms with Crippen molar-refractivity contribution in [2.75, 3.05) is 6.54 Å². The highest BCUT2D eigenvalue weighted by Gasteiger charge is 2.40. The molecule has 3 nitrogen and oxygen atoms in total. The Morgan fingerprint density at radius 1 is 1.50 bits per heavy atom. The van der Waals surface area contributed by atoms with Gasteiger partial charge >= 0.3 is 0 Å². The molecule has 3 N–H and O–H groups in total. The molecule has 1 unspecified atom stereocenters. The van der Waals surface area contributed by atoms with Crippen LogP contribution in [0.4, 0.5) is 0 Å². The molecule has 0 bridgehead atoms. The molecule has 1 aliphatic carbocycles. The molecular formula is C11H17ClN2OS. The largest absolute Gasteiger partial charge is 0.385 e. The maximum absolute atomic E-state index is 10.4. The number of aliphatic hydroxyl groups is 1. The SMILES string of the molecule is NCC1(C(O)c2ncc(Cl)s2)CCCCC1. The second-order valence-corrected chi connectivity index (χ2v) is 6.23. The zero-order valence-corrected chi connectivity index (χ0v) is 10.7. The summed E-state index contributed by atoms with van der Waals surface area (Å²) in [4.78, 5) is 4.16. The summed E-state index contributed by atoms with van der Waals surface area (Å²) in [5, 5.41) is 11.1. The van der Waals surface area contributed by atoms with Crippen molar-refractivity contribution in [1.82, 2.24) is 4.98 Å². The molecule has 0 aliphatic heterocycles. The number of thiazole rings is 1. The highest BCUT2D eigenvalue weighted by Crippen LogP contribution is 2.46. The number of aromatic nitrogens is 1. The Kier molecular flexibility index (Phi) is 3.85. The first-order chi connectivity index (χ1) is 7.68. The predicted molar refractivity (Wildman–Crippen MR) is 66.7 cm³/mol. The van der Waals surface area contributed by atoms with E-state index in [-0.39, 0.29) is 5.41 Å². The van der Waals surface area contributed by atoms with Crippen LogP contribution in [0.5, 0.6) is 0 Å². The molecule has 1 aromatic rings. The van der Waals surface area contributed by atoms with Crippen LogP contribution in [0.1, 0.15) is 43.2 Å². The van der Waals surface area contributed by atoms with E-state index in [1.165, 1.54) is 17.8 Å². The number of nitrogens with zero attached hydrogens (tertiary/aromatic N) is 1. The van der Waals surface area contributed by atoms with E-state index in [1.807, 2.05) is 0 Å². The maximum Gasteiger partial charge on any atom is 0.123 e. The molecule has 1 heterocycles. The lowest BCUT2D eigenvalue weighted by Gasteiger charge is -2.39. The van der Waals surface area contributed by atoms with E-state index >= 15 is 0 Å². The predicted octanol–water partition coefficient (Wildman–Crippen LogP) is 2.74. The van der Waals surface area contributed by atoms with Crippen molar-refractivity contribution >= 4 is 22.9 Å². The molecule has 1 atom stereocenters. The molecule has 1 saturated carbocycles. The van der Waals surface area contributed by atoms with Gasteiger partial charge in [0.05, 0.1) is 6.20 Å². The molecule has 1 aliphatic rings. The van der Waals surface area contributed by atoms with Crippen molar-refractivity contribution in [3.63, 3.8) is 0 Å². The first-order valence-electron chi connectivity index (χ1n) is 5.67. The van der Waals surface area contributed by atoms with Gasteiger partial charge in [0.25, 0.3) is 0 Å². The van der Waals surface area contributed by atoms with Gasteiger partial charge in [0.2, 0.25) is 0 Å². The highest BCUT2D eigenvalue weighted by atomic mass is 35.5.